The van der Waals surface area contributed by atoms with Crippen LogP contribution in [0.1, 0.15) is 40.6 Å². The molecular weight excluding hydrogens is 441 g/mol. The third kappa shape index (κ3) is 3.09. The molecule has 2 aromatic carbocycles. The maximum atomic E-state index is 13.8. The molecule has 5 nitrogen and oxygen atoms in total. The van der Waals surface area contributed by atoms with Crippen LogP contribution in [0.3, 0.4) is 0 Å². The van der Waals surface area contributed by atoms with Gasteiger partial charge < -0.3 is 14.1 Å². The molecule has 0 spiro atoms. The van der Waals surface area contributed by atoms with Gasteiger partial charge in [-0.3, -0.25) is 9.59 Å². The molecule has 0 aliphatic carbocycles. The number of amides is 1. The molecule has 0 N–H and O–H groups in total. The molecule has 3 heterocycles. The van der Waals surface area contributed by atoms with Crippen LogP contribution in [0.2, 0.25) is 0 Å². The van der Waals surface area contributed by atoms with Gasteiger partial charge in [0.05, 0.1) is 23.1 Å². The Bertz CT molecular complexity index is 1170. The van der Waals surface area contributed by atoms with Crippen molar-refractivity contribution in [3.8, 4) is 0 Å². The van der Waals surface area contributed by atoms with Gasteiger partial charge in [-0.05, 0) is 48.7 Å². The van der Waals surface area contributed by atoms with E-state index >= 15 is 0 Å². The summed E-state index contributed by atoms with van der Waals surface area (Å²) in [6.45, 7) is 1.04. The van der Waals surface area contributed by atoms with Crippen LogP contribution in [0.4, 0.5) is 4.39 Å². The van der Waals surface area contributed by atoms with Crippen molar-refractivity contribution in [1.29, 1.82) is 0 Å². The van der Waals surface area contributed by atoms with E-state index in [1.807, 2.05) is 24.3 Å². The number of fused-ring (bicyclic) bond motifs is 2. The van der Waals surface area contributed by atoms with E-state index in [9.17, 15) is 14.0 Å². The largest absolute Gasteiger partial charge is 0.450 e. The van der Waals surface area contributed by atoms with Crippen molar-refractivity contribution in [3.63, 3.8) is 0 Å². The maximum Gasteiger partial charge on any atom is 0.291 e. The first kappa shape index (κ1) is 18.5. The van der Waals surface area contributed by atoms with E-state index in [0.717, 1.165) is 28.9 Å². The van der Waals surface area contributed by atoms with E-state index in [2.05, 4.69) is 15.9 Å². The molecule has 3 aromatic rings. The SMILES string of the molecule is O=C1c2oc3ccc(F)cc3c(=O)c2C(c2ccc(Br)cc2)N1CC1CCCO1. The summed E-state index contributed by atoms with van der Waals surface area (Å²) in [6.07, 6.45) is 1.73. The average molecular weight is 458 g/mol. The quantitative estimate of drug-likeness (QED) is 0.583. The molecule has 5 rings (SSSR count). The highest BCUT2D eigenvalue weighted by molar-refractivity contribution is 9.10. The summed E-state index contributed by atoms with van der Waals surface area (Å²) in [6, 6.07) is 10.6. The molecule has 0 saturated carbocycles. The zero-order valence-corrected chi connectivity index (χ0v) is 16.9. The van der Waals surface area contributed by atoms with E-state index in [4.69, 9.17) is 9.15 Å². The number of halogens is 2. The van der Waals surface area contributed by atoms with Crippen LogP contribution in [0, 0.1) is 5.82 Å². The summed E-state index contributed by atoms with van der Waals surface area (Å²) in [4.78, 5) is 28.2. The molecule has 2 aliphatic heterocycles. The van der Waals surface area contributed by atoms with Crippen LogP contribution in [0.15, 0.2) is 56.1 Å². The molecule has 2 aliphatic rings. The Kier molecular flexibility index (Phi) is 4.52. The number of carbonyl (C=O) groups excluding carboxylic acids is 1. The van der Waals surface area contributed by atoms with Crippen LogP contribution in [0.25, 0.3) is 11.0 Å². The molecule has 7 heteroatoms. The number of hydrogen-bond donors (Lipinski definition) is 0. The molecule has 1 amide bonds. The lowest BCUT2D eigenvalue weighted by molar-refractivity contribution is 0.0486. The molecule has 29 heavy (non-hydrogen) atoms. The van der Waals surface area contributed by atoms with Gasteiger partial charge in [-0.15, -0.1) is 0 Å². The molecule has 1 saturated heterocycles. The zero-order chi connectivity index (χ0) is 20.1. The minimum absolute atomic E-state index is 0.0278. The van der Waals surface area contributed by atoms with Crippen LogP contribution in [-0.4, -0.2) is 30.1 Å². The van der Waals surface area contributed by atoms with Crippen molar-refractivity contribution in [2.24, 2.45) is 0 Å². The summed E-state index contributed by atoms with van der Waals surface area (Å²) >= 11 is 3.42. The maximum absolute atomic E-state index is 13.8. The van der Waals surface area contributed by atoms with E-state index in [-0.39, 0.29) is 39.7 Å². The summed E-state index contributed by atoms with van der Waals surface area (Å²) in [7, 11) is 0. The predicted octanol–water partition coefficient (Wildman–Crippen LogP) is 4.42. The van der Waals surface area contributed by atoms with Crippen molar-refractivity contribution >= 4 is 32.8 Å². The molecule has 0 bridgehead atoms. The fourth-order valence-electron chi connectivity index (χ4n) is 4.18. The highest BCUT2D eigenvalue weighted by Crippen LogP contribution is 2.39. The molecule has 1 fully saturated rings. The second kappa shape index (κ2) is 7.07. The van der Waals surface area contributed by atoms with Crippen LogP contribution in [-0.2, 0) is 4.74 Å². The minimum atomic E-state index is -0.598. The third-order valence-corrected chi connectivity index (χ3v) is 6.07. The Morgan fingerprint density at radius 2 is 1.93 bits per heavy atom. The van der Waals surface area contributed by atoms with Gasteiger partial charge in [0.2, 0.25) is 5.76 Å². The summed E-state index contributed by atoms with van der Waals surface area (Å²) in [5.41, 5.74) is 0.878. The fraction of sp³-hybridized carbons (Fsp3) is 0.273. The number of rotatable bonds is 3. The van der Waals surface area contributed by atoms with Crippen molar-refractivity contribution in [2.75, 3.05) is 13.2 Å². The molecule has 2 unspecified atom stereocenters. The van der Waals surface area contributed by atoms with Gasteiger partial charge in [-0.2, -0.15) is 0 Å². The Balaban J connectivity index is 1.71. The Labute approximate surface area is 174 Å². The van der Waals surface area contributed by atoms with Gasteiger partial charge in [0.1, 0.15) is 11.4 Å². The van der Waals surface area contributed by atoms with Gasteiger partial charge in [-0.1, -0.05) is 28.1 Å². The lowest BCUT2D eigenvalue weighted by atomic mass is 9.98. The number of nitrogens with zero attached hydrogens (tertiary/aromatic N) is 1. The van der Waals surface area contributed by atoms with Gasteiger partial charge >= 0.3 is 0 Å². The average Bonchev–Trinajstić information content (AvgIpc) is 3.32. The monoisotopic (exact) mass is 457 g/mol. The molecule has 2 atom stereocenters. The lowest BCUT2D eigenvalue weighted by Gasteiger charge is -2.27. The zero-order valence-electron chi connectivity index (χ0n) is 15.4. The molecule has 0 radical (unpaired) electrons. The Hall–Kier alpha value is -2.51. The van der Waals surface area contributed by atoms with Crippen molar-refractivity contribution in [1.82, 2.24) is 4.90 Å². The molecule has 148 valence electrons. The first-order chi connectivity index (χ1) is 14.0. The lowest BCUT2D eigenvalue weighted by Crippen LogP contribution is -2.36. The van der Waals surface area contributed by atoms with Crippen LogP contribution in [0.5, 0.6) is 0 Å². The predicted molar refractivity (Wildman–Crippen MR) is 108 cm³/mol. The Morgan fingerprint density at radius 1 is 1.14 bits per heavy atom. The van der Waals surface area contributed by atoms with E-state index < -0.39 is 11.9 Å². The smallest absolute Gasteiger partial charge is 0.291 e. The molecule has 1 aromatic heterocycles. The van der Waals surface area contributed by atoms with Crippen LogP contribution >= 0.6 is 15.9 Å². The first-order valence-corrected chi connectivity index (χ1v) is 10.3. The number of ether oxygens (including phenoxy) is 1. The Morgan fingerprint density at radius 3 is 2.66 bits per heavy atom. The van der Waals surface area contributed by atoms with E-state index in [0.29, 0.717) is 13.2 Å². The van der Waals surface area contributed by atoms with Gasteiger partial charge in [-0.25, -0.2) is 4.39 Å². The normalized spacial score (nSPS) is 21.2. The number of carbonyl (C=O) groups is 1. The number of hydrogen-bond acceptors (Lipinski definition) is 4. The third-order valence-electron chi connectivity index (χ3n) is 5.54. The van der Waals surface area contributed by atoms with E-state index in [1.54, 1.807) is 4.90 Å². The van der Waals surface area contributed by atoms with Crippen molar-refractivity contribution < 1.29 is 18.3 Å². The van der Waals surface area contributed by atoms with Crippen molar-refractivity contribution in [3.05, 3.63) is 79.9 Å². The fourth-order valence-corrected chi connectivity index (χ4v) is 4.44. The standard InChI is InChI=1S/C22H17BrFNO4/c23-13-5-3-12(4-6-13)19-18-20(26)16-10-14(24)7-8-17(16)29-21(18)22(27)25(19)11-15-2-1-9-28-15/h3-8,10,15,19H,1-2,9,11H2. The van der Waals surface area contributed by atoms with E-state index in [1.165, 1.54) is 12.1 Å². The van der Waals surface area contributed by atoms with Gasteiger partial charge in [0.25, 0.3) is 5.91 Å². The van der Waals surface area contributed by atoms with Crippen LogP contribution < -0.4 is 5.43 Å². The summed E-state index contributed by atoms with van der Waals surface area (Å²) < 4.78 is 26.2. The highest BCUT2D eigenvalue weighted by Gasteiger charge is 2.43. The second-order valence-electron chi connectivity index (χ2n) is 7.36. The molecular formula is C22H17BrFNO4. The highest BCUT2D eigenvalue weighted by atomic mass is 79.9. The minimum Gasteiger partial charge on any atom is -0.450 e. The topological polar surface area (TPSA) is 59.8 Å². The number of benzene rings is 2. The van der Waals surface area contributed by atoms with Gasteiger partial charge in [0.15, 0.2) is 5.43 Å². The second-order valence-corrected chi connectivity index (χ2v) is 8.28. The van der Waals surface area contributed by atoms with Gasteiger partial charge in [0, 0.05) is 17.6 Å². The first-order valence-electron chi connectivity index (χ1n) is 9.47. The summed E-state index contributed by atoms with van der Waals surface area (Å²) in [5.74, 6) is -0.836. The summed E-state index contributed by atoms with van der Waals surface area (Å²) in [5, 5.41) is 0.137. The van der Waals surface area contributed by atoms with Crippen molar-refractivity contribution in [2.45, 2.75) is 25.0 Å².